The molecule has 0 aromatic carbocycles. The standard InChI is InChI=1S/C16H26N2O2S/c1-15(2,3)14-13(21-18-17-14)12(19)11-6-9-20-16(10-11)7-4-5-8-16/h11-12,19H,4-10H2,1-3H3. The van der Waals surface area contributed by atoms with Crippen molar-refractivity contribution in [3.63, 3.8) is 0 Å². The Bertz CT molecular complexity index is 489. The van der Waals surface area contributed by atoms with Crippen molar-refractivity contribution in [2.45, 2.75) is 76.4 Å². The number of rotatable bonds is 2. The molecule has 0 bridgehead atoms. The van der Waals surface area contributed by atoms with Crippen LogP contribution in [0.5, 0.6) is 0 Å². The monoisotopic (exact) mass is 310 g/mol. The molecule has 1 aliphatic carbocycles. The van der Waals surface area contributed by atoms with E-state index >= 15 is 0 Å². The second-order valence-electron chi connectivity index (χ2n) is 7.67. The van der Waals surface area contributed by atoms with Gasteiger partial charge in [-0.3, -0.25) is 0 Å². The minimum absolute atomic E-state index is 0.0455. The average Bonchev–Trinajstić information content (AvgIpc) is 3.07. The number of hydrogen-bond donors (Lipinski definition) is 1. The topological polar surface area (TPSA) is 55.2 Å². The molecule has 4 nitrogen and oxygen atoms in total. The van der Waals surface area contributed by atoms with Crippen LogP contribution in [0.1, 0.15) is 76.0 Å². The van der Waals surface area contributed by atoms with Gasteiger partial charge in [0.05, 0.1) is 22.3 Å². The molecule has 1 aromatic heterocycles. The third-order valence-corrected chi connectivity index (χ3v) is 5.78. The zero-order valence-corrected chi connectivity index (χ0v) is 14.1. The molecule has 2 heterocycles. The maximum absolute atomic E-state index is 10.9. The van der Waals surface area contributed by atoms with Gasteiger partial charge in [-0.1, -0.05) is 38.1 Å². The fraction of sp³-hybridized carbons (Fsp3) is 0.875. The van der Waals surface area contributed by atoms with Crippen LogP contribution in [0.2, 0.25) is 0 Å². The highest BCUT2D eigenvalue weighted by molar-refractivity contribution is 7.05. The summed E-state index contributed by atoms with van der Waals surface area (Å²) in [6, 6.07) is 0. The Morgan fingerprint density at radius 2 is 2.05 bits per heavy atom. The molecule has 1 spiro atoms. The lowest BCUT2D eigenvalue weighted by Gasteiger charge is -2.40. The van der Waals surface area contributed by atoms with E-state index in [1.54, 1.807) is 0 Å². The van der Waals surface area contributed by atoms with Crippen molar-refractivity contribution in [1.82, 2.24) is 9.59 Å². The number of nitrogens with zero attached hydrogens (tertiary/aromatic N) is 2. The second kappa shape index (κ2) is 5.60. The zero-order chi connectivity index (χ0) is 15.1. The summed E-state index contributed by atoms with van der Waals surface area (Å²) in [5.74, 6) is 0.278. The Morgan fingerprint density at radius 1 is 1.33 bits per heavy atom. The van der Waals surface area contributed by atoms with Crippen molar-refractivity contribution in [3.8, 4) is 0 Å². The fourth-order valence-electron chi connectivity index (χ4n) is 3.83. The van der Waals surface area contributed by atoms with Gasteiger partial charge in [-0.2, -0.15) is 0 Å². The van der Waals surface area contributed by atoms with Crippen molar-refractivity contribution < 1.29 is 9.84 Å². The van der Waals surface area contributed by atoms with E-state index in [0.717, 1.165) is 42.9 Å². The zero-order valence-electron chi connectivity index (χ0n) is 13.3. The Balaban J connectivity index is 1.79. The quantitative estimate of drug-likeness (QED) is 0.906. The smallest absolute Gasteiger partial charge is 0.0947 e. The summed E-state index contributed by atoms with van der Waals surface area (Å²) in [6.45, 7) is 7.16. The molecule has 118 valence electrons. The molecule has 1 aromatic rings. The van der Waals surface area contributed by atoms with Crippen LogP contribution >= 0.6 is 11.5 Å². The molecule has 2 atom stereocenters. The number of aromatic nitrogens is 2. The Kier molecular flexibility index (Phi) is 4.10. The molecule has 21 heavy (non-hydrogen) atoms. The normalized spacial score (nSPS) is 27.1. The van der Waals surface area contributed by atoms with Gasteiger partial charge >= 0.3 is 0 Å². The van der Waals surface area contributed by atoms with Crippen LogP contribution in [0.3, 0.4) is 0 Å². The number of ether oxygens (including phenoxy) is 1. The molecule has 2 unspecified atom stereocenters. The van der Waals surface area contributed by atoms with E-state index in [9.17, 15) is 5.11 Å². The van der Waals surface area contributed by atoms with Crippen LogP contribution in [0.15, 0.2) is 0 Å². The summed E-state index contributed by atoms with van der Waals surface area (Å²) in [4.78, 5) is 0.961. The summed E-state index contributed by atoms with van der Waals surface area (Å²) in [7, 11) is 0. The van der Waals surface area contributed by atoms with E-state index in [1.807, 2.05) is 0 Å². The maximum Gasteiger partial charge on any atom is 0.0947 e. The molecule has 5 heteroatoms. The number of aliphatic hydroxyl groups excluding tert-OH is 1. The molecule has 0 amide bonds. The molecular weight excluding hydrogens is 284 g/mol. The lowest BCUT2D eigenvalue weighted by molar-refractivity contribution is -0.113. The van der Waals surface area contributed by atoms with Gasteiger partial charge < -0.3 is 9.84 Å². The predicted octanol–water partition coefficient (Wildman–Crippen LogP) is 3.61. The lowest BCUT2D eigenvalue weighted by Crippen LogP contribution is -2.39. The van der Waals surface area contributed by atoms with Gasteiger partial charge in [0.15, 0.2) is 0 Å². The average molecular weight is 310 g/mol. The van der Waals surface area contributed by atoms with Gasteiger partial charge in [-0.15, -0.1) is 5.10 Å². The van der Waals surface area contributed by atoms with E-state index in [0.29, 0.717) is 0 Å². The van der Waals surface area contributed by atoms with Gasteiger partial charge in [-0.05, 0) is 43.1 Å². The van der Waals surface area contributed by atoms with Crippen LogP contribution in [0, 0.1) is 5.92 Å². The van der Waals surface area contributed by atoms with Gasteiger partial charge in [0.25, 0.3) is 0 Å². The Morgan fingerprint density at radius 3 is 2.71 bits per heavy atom. The van der Waals surface area contributed by atoms with Crippen molar-refractivity contribution in [2.24, 2.45) is 5.92 Å². The minimum atomic E-state index is -0.444. The Labute approximate surface area is 131 Å². The van der Waals surface area contributed by atoms with E-state index in [4.69, 9.17) is 4.74 Å². The highest BCUT2D eigenvalue weighted by atomic mass is 32.1. The number of hydrogen-bond acceptors (Lipinski definition) is 5. The van der Waals surface area contributed by atoms with Crippen molar-refractivity contribution in [3.05, 3.63) is 10.6 Å². The predicted molar refractivity (Wildman–Crippen MR) is 83.4 cm³/mol. The molecule has 3 rings (SSSR count). The third-order valence-electron chi connectivity index (χ3n) is 4.98. The maximum atomic E-state index is 10.9. The van der Waals surface area contributed by atoms with Gasteiger partial charge in [0.1, 0.15) is 0 Å². The highest BCUT2D eigenvalue weighted by Gasteiger charge is 2.43. The van der Waals surface area contributed by atoms with Gasteiger partial charge in [0, 0.05) is 12.0 Å². The summed E-state index contributed by atoms with van der Waals surface area (Å²) in [5, 5.41) is 15.2. The molecule has 1 aliphatic heterocycles. The van der Waals surface area contributed by atoms with Crippen LogP contribution < -0.4 is 0 Å². The van der Waals surface area contributed by atoms with Gasteiger partial charge in [0.2, 0.25) is 0 Å². The minimum Gasteiger partial charge on any atom is -0.387 e. The van der Waals surface area contributed by atoms with E-state index < -0.39 is 6.10 Å². The molecule has 2 aliphatic rings. The first-order valence-corrected chi connectivity index (χ1v) is 8.83. The highest BCUT2D eigenvalue weighted by Crippen LogP contribution is 2.46. The molecule has 2 fully saturated rings. The summed E-state index contributed by atoms with van der Waals surface area (Å²) < 4.78 is 10.2. The van der Waals surface area contributed by atoms with Crippen LogP contribution in [0.4, 0.5) is 0 Å². The van der Waals surface area contributed by atoms with Crippen LogP contribution in [-0.2, 0) is 10.2 Å². The summed E-state index contributed by atoms with van der Waals surface area (Å²) in [5.41, 5.74) is 0.927. The van der Waals surface area contributed by atoms with E-state index in [1.165, 1.54) is 24.4 Å². The van der Waals surface area contributed by atoms with Gasteiger partial charge in [-0.25, -0.2) is 0 Å². The van der Waals surface area contributed by atoms with E-state index in [2.05, 4.69) is 30.4 Å². The molecule has 0 radical (unpaired) electrons. The second-order valence-corrected chi connectivity index (χ2v) is 8.46. The molecule has 1 saturated heterocycles. The first-order valence-electron chi connectivity index (χ1n) is 8.06. The first kappa shape index (κ1) is 15.4. The van der Waals surface area contributed by atoms with Crippen molar-refractivity contribution >= 4 is 11.5 Å². The molecule has 1 saturated carbocycles. The third kappa shape index (κ3) is 3.01. The lowest BCUT2D eigenvalue weighted by atomic mass is 9.79. The van der Waals surface area contributed by atoms with Crippen molar-refractivity contribution in [1.29, 1.82) is 0 Å². The Hall–Kier alpha value is -0.520. The fourth-order valence-corrected chi connectivity index (χ4v) is 4.77. The molecular formula is C16H26N2O2S. The largest absolute Gasteiger partial charge is 0.387 e. The number of aliphatic hydroxyl groups is 1. The molecule has 1 N–H and O–H groups in total. The summed E-state index contributed by atoms with van der Waals surface area (Å²) >= 11 is 1.36. The van der Waals surface area contributed by atoms with Crippen LogP contribution in [-0.4, -0.2) is 26.9 Å². The van der Waals surface area contributed by atoms with Crippen molar-refractivity contribution in [2.75, 3.05) is 6.61 Å². The summed E-state index contributed by atoms with van der Waals surface area (Å²) in [6.07, 6.45) is 6.31. The first-order chi connectivity index (χ1) is 9.91. The SMILES string of the molecule is CC(C)(C)c1nnsc1C(O)C1CCOC2(CCCC2)C1. The van der Waals surface area contributed by atoms with Crippen LogP contribution in [0.25, 0.3) is 0 Å². The van der Waals surface area contributed by atoms with E-state index in [-0.39, 0.29) is 16.9 Å².